The lowest BCUT2D eigenvalue weighted by Gasteiger charge is -2.31. The van der Waals surface area contributed by atoms with Gasteiger partial charge in [0.05, 0.1) is 16.7 Å². The predicted molar refractivity (Wildman–Crippen MR) is 210 cm³/mol. The molecule has 0 unspecified atom stereocenters. The smallest absolute Gasteiger partial charge is 0.180 e. The van der Waals surface area contributed by atoms with Crippen molar-refractivity contribution in [2.24, 2.45) is 0 Å². The Morgan fingerprint density at radius 1 is 0.440 bits per heavy atom. The number of rotatable bonds is 5. The first-order valence-electron chi connectivity index (χ1n) is 17.1. The summed E-state index contributed by atoms with van der Waals surface area (Å²) >= 11 is 0. The molecular weight excluding hydrogens is 623 g/mol. The number of fused-ring (bicyclic) bond motifs is 6. The van der Waals surface area contributed by atoms with Gasteiger partial charge in [-0.05, 0) is 56.1 Å². The van der Waals surface area contributed by atoms with Gasteiger partial charge in [0.2, 0.25) is 0 Å². The molecule has 7 aromatic carbocycles. The molecule has 1 aliphatic heterocycles. The summed E-state index contributed by atoms with van der Waals surface area (Å²) in [4.78, 5) is 10.7. The highest BCUT2D eigenvalue weighted by Gasteiger charge is 2.48. The molecule has 0 spiro atoms. The number of benzene rings is 7. The van der Waals surface area contributed by atoms with Crippen LogP contribution in [0.5, 0.6) is 0 Å². The van der Waals surface area contributed by atoms with E-state index in [-0.39, 0.29) is 0 Å². The molecule has 0 amide bonds. The van der Waals surface area contributed by atoms with Crippen LogP contribution in [0, 0.1) is 0 Å². The van der Waals surface area contributed by atoms with Crippen LogP contribution < -0.4 is 20.7 Å². The lowest BCUT2D eigenvalue weighted by molar-refractivity contribution is 1.15. The average Bonchev–Trinajstić information content (AvgIpc) is 3.69. The van der Waals surface area contributed by atoms with E-state index < -0.39 is 8.07 Å². The van der Waals surface area contributed by atoms with Crippen molar-refractivity contribution in [1.82, 2.24) is 14.5 Å². The highest BCUT2D eigenvalue weighted by Crippen LogP contribution is 2.39. The van der Waals surface area contributed by atoms with E-state index in [2.05, 4.69) is 187 Å². The second-order valence-corrected chi connectivity index (χ2v) is 16.7. The second-order valence-electron chi connectivity index (χ2n) is 12.9. The van der Waals surface area contributed by atoms with Crippen molar-refractivity contribution in [2.45, 2.75) is 0 Å². The Morgan fingerprint density at radius 3 is 1.74 bits per heavy atom. The van der Waals surface area contributed by atoms with Crippen molar-refractivity contribution < 1.29 is 0 Å². The van der Waals surface area contributed by atoms with Crippen LogP contribution in [0.1, 0.15) is 0 Å². The highest BCUT2D eigenvalue weighted by molar-refractivity contribution is 7.22. The summed E-state index contributed by atoms with van der Waals surface area (Å²) in [6, 6.07) is 68.0. The normalized spacial score (nSPS) is 13.0. The molecule has 1 aliphatic rings. The Kier molecular flexibility index (Phi) is 6.51. The maximum atomic E-state index is 5.44. The molecule has 0 saturated heterocycles. The van der Waals surface area contributed by atoms with E-state index in [1.54, 1.807) is 0 Å². The molecule has 0 atom stereocenters. The van der Waals surface area contributed by atoms with Gasteiger partial charge in [0.15, 0.2) is 13.9 Å². The SMILES string of the molecule is c1ccc(-c2nc(-c3ccc4c(c3)-c3ccccc3[Si]4(c3ccccc3)c3ccccc3)c3c(n2)c2ccccc2n3-c2ccccc2)cc1. The molecule has 0 aliphatic carbocycles. The zero-order chi connectivity index (χ0) is 33.1. The van der Waals surface area contributed by atoms with Crippen LogP contribution in [-0.2, 0) is 0 Å². The Hall–Kier alpha value is -6.36. The fourth-order valence-corrected chi connectivity index (χ4v) is 13.4. The van der Waals surface area contributed by atoms with Crippen molar-refractivity contribution in [3.8, 4) is 39.5 Å². The summed E-state index contributed by atoms with van der Waals surface area (Å²) in [5.41, 5.74) is 9.75. The van der Waals surface area contributed by atoms with Crippen LogP contribution in [0.4, 0.5) is 0 Å². The van der Waals surface area contributed by atoms with Crippen molar-refractivity contribution in [1.29, 1.82) is 0 Å². The van der Waals surface area contributed by atoms with Gasteiger partial charge in [-0.25, -0.2) is 9.97 Å². The van der Waals surface area contributed by atoms with Crippen LogP contribution in [0.2, 0.25) is 0 Å². The van der Waals surface area contributed by atoms with Crippen molar-refractivity contribution in [2.75, 3.05) is 0 Å². The molecule has 10 rings (SSSR count). The van der Waals surface area contributed by atoms with Crippen molar-refractivity contribution >= 4 is 50.8 Å². The lowest BCUT2D eigenvalue weighted by Crippen LogP contribution is -2.72. The number of hydrogen-bond donors (Lipinski definition) is 0. The van der Waals surface area contributed by atoms with Crippen LogP contribution >= 0.6 is 0 Å². The second kappa shape index (κ2) is 11.4. The summed E-state index contributed by atoms with van der Waals surface area (Å²) < 4.78 is 2.34. The summed E-state index contributed by atoms with van der Waals surface area (Å²) in [6.07, 6.45) is 0. The van der Waals surface area contributed by atoms with Gasteiger partial charge in [0.1, 0.15) is 5.52 Å². The first-order chi connectivity index (χ1) is 24.8. The zero-order valence-electron chi connectivity index (χ0n) is 27.2. The third-order valence-corrected chi connectivity index (χ3v) is 15.2. The van der Waals surface area contributed by atoms with E-state index >= 15 is 0 Å². The van der Waals surface area contributed by atoms with Gasteiger partial charge in [-0.15, -0.1) is 0 Å². The molecule has 0 bridgehead atoms. The first-order valence-corrected chi connectivity index (χ1v) is 19.1. The fourth-order valence-electron chi connectivity index (χ4n) is 8.20. The summed E-state index contributed by atoms with van der Waals surface area (Å²) in [7, 11) is -2.59. The van der Waals surface area contributed by atoms with E-state index in [1.165, 1.54) is 31.9 Å². The molecule has 0 fully saturated rings. The maximum Gasteiger partial charge on any atom is 0.180 e. The predicted octanol–water partition coefficient (Wildman–Crippen LogP) is 8.27. The Balaban J connectivity index is 1.31. The van der Waals surface area contributed by atoms with E-state index in [0.717, 1.165) is 50.3 Å². The van der Waals surface area contributed by atoms with E-state index in [9.17, 15) is 0 Å². The van der Waals surface area contributed by atoms with E-state index in [4.69, 9.17) is 9.97 Å². The van der Waals surface area contributed by atoms with Gasteiger partial charge in [-0.1, -0.05) is 164 Å². The summed E-state index contributed by atoms with van der Waals surface area (Å²) in [5, 5.41) is 6.74. The molecule has 234 valence electrons. The number of nitrogens with zero attached hydrogens (tertiary/aromatic N) is 3. The van der Waals surface area contributed by atoms with Gasteiger partial charge >= 0.3 is 0 Å². The summed E-state index contributed by atoms with van der Waals surface area (Å²) in [5.74, 6) is 0.724. The number of para-hydroxylation sites is 2. The van der Waals surface area contributed by atoms with Gasteiger partial charge in [0.25, 0.3) is 0 Å². The Bertz CT molecular complexity index is 2650. The van der Waals surface area contributed by atoms with Gasteiger partial charge in [-0.2, -0.15) is 0 Å². The topological polar surface area (TPSA) is 30.7 Å². The molecule has 0 radical (unpaired) electrons. The quantitative estimate of drug-likeness (QED) is 0.175. The molecule has 3 heterocycles. The highest BCUT2D eigenvalue weighted by atomic mass is 28.3. The van der Waals surface area contributed by atoms with Gasteiger partial charge in [-0.3, -0.25) is 0 Å². The maximum absolute atomic E-state index is 5.44. The molecule has 4 heteroatoms. The van der Waals surface area contributed by atoms with Crippen molar-refractivity contribution in [3.63, 3.8) is 0 Å². The largest absolute Gasteiger partial charge is 0.306 e. The van der Waals surface area contributed by atoms with Crippen LogP contribution in [0.25, 0.3) is 61.4 Å². The lowest BCUT2D eigenvalue weighted by atomic mass is 10.0. The number of hydrogen-bond acceptors (Lipinski definition) is 2. The fraction of sp³-hybridized carbons (Fsp3) is 0. The molecule has 0 N–H and O–H groups in total. The Morgan fingerprint density at radius 2 is 1.02 bits per heavy atom. The van der Waals surface area contributed by atoms with Crippen LogP contribution in [0.3, 0.4) is 0 Å². The average molecular weight is 654 g/mol. The zero-order valence-corrected chi connectivity index (χ0v) is 28.2. The Labute approximate surface area is 291 Å². The number of aromatic nitrogens is 3. The third kappa shape index (κ3) is 4.16. The third-order valence-electron chi connectivity index (χ3n) is 10.3. The monoisotopic (exact) mass is 653 g/mol. The van der Waals surface area contributed by atoms with Gasteiger partial charge in [0, 0.05) is 22.2 Å². The standard InChI is InChI=1S/C46H31N3Si/c1-5-17-32(18-6-1)46-47-43(45-44(48-46)38-26-13-15-27-40(38)49(45)34-19-7-2-8-20-34)33-29-30-42-39(31-33)37-25-14-16-28-41(37)50(42,35-21-9-3-10-22-35)36-23-11-4-12-24-36/h1-31H. The van der Waals surface area contributed by atoms with E-state index in [1.807, 2.05) is 6.07 Å². The molecule has 3 nitrogen and oxygen atoms in total. The minimum Gasteiger partial charge on any atom is -0.306 e. The van der Waals surface area contributed by atoms with Crippen molar-refractivity contribution in [3.05, 3.63) is 188 Å². The minimum absolute atomic E-state index is 0.724. The minimum atomic E-state index is -2.59. The van der Waals surface area contributed by atoms with Gasteiger partial charge < -0.3 is 4.57 Å². The molecular formula is C46H31N3Si. The van der Waals surface area contributed by atoms with Crippen LogP contribution in [-0.4, -0.2) is 22.6 Å². The molecule has 0 saturated carbocycles. The molecule has 50 heavy (non-hydrogen) atoms. The van der Waals surface area contributed by atoms with Crippen LogP contribution in [0.15, 0.2) is 188 Å². The molecule has 9 aromatic rings. The van der Waals surface area contributed by atoms with E-state index in [0.29, 0.717) is 0 Å². The summed E-state index contributed by atoms with van der Waals surface area (Å²) in [6.45, 7) is 0. The molecule has 2 aromatic heterocycles. The first kappa shape index (κ1) is 28.6.